The van der Waals surface area contributed by atoms with Gasteiger partial charge in [0.2, 0.25) is 5.82 Å². The van der Waals surface area contributed by atoms with Gasteiger partial charge in [0, 0.05) is 16.7 Å². The van der Waals surface area contributed by atoms with E-state index in [9.17, 15) is 34.6 Å². The average molecular weight is 561 g/mol. The fourth-order valence-electron chi connectivity index (χ4n) is 4.22. The van der Waals surface area contributed by atoms with Gasteiger partial charge in [-0.15, -0.1) is 23.1 Å². The summed E-state index contributed by atoms with van der Waals surface area (Å²) in [7, 11) is 0. The number of hydrogen-bond donors (Lipinski definition) is 6. The van der Waals surface area contributed by atoms with E-state index >= 15 is 0 Å². The molecule has 2 amide bonds. The molecule has 0 spiro atoms. The molecule has 8 N–H and O–H groups in total. The number of nitrogens with two attached hydrogens (primary N) is 2. The number of carbonyl (C=O) groups is 4. The minimum absolute atomic E-state index is 0.0215. The van der Waals surface area contributed by atoms with Gasteiger partial charge in [-0.25, -0.2) is 19.1 Å². The summed E-state index contributed by atoms with van der Waals surface area (Å²) in [4.78, 5) is 54.6. The molecule has 5 heterocycles. The van der Waals surface area contributed by atoms with E-state index in [0.29, 0.717) is 11.2 Å². The number of fused-ring (bicyclic) bond motifs is 2. The van der Waals surface area contributed by atoms with Gasteiger partial charge in [0.15, 0.2) is 16.4 Å². The molecule has 2 atom stereocenters. The van der Waals surface area contributed by atoms with Crippen LogP contribution in [0.2, 0.25) is 0 Å². The lowest BCUT2D eigenvalue weighted by atomic mass is 10.0. The van der Waals surface area contributed by atoms with Gasteiger partial charge in [-0.05, 0) is 0 Å². The number of aliphatic carboxylic acids is 1. The Morgan fingerprint density at radius 3 is 2.66 bits per heavy atom. The second-order valence-electron chi connectivity index (χ2n) is 8.10. The Morgan fingerprint density at radius 1 is 1.26 bits per heavy atom. The Bertz CT molecular complexity index is 1590. The summed E-state index contributed by atoms with van der Waals surface area (Å²) < 4.78 is 2.71. The number of nitrogens with zero attached hydrogens (tertiary/aromatic N) is 6. The number of oxime groups is 1. The smallest absolute Gasteiger partial charge is 0.352 e. The lowest BCUT2D eigenvalue weighted by Crippen LogP contribution is -2.71. The van der Waals surface area contributed by atoms with Crippen LogP contribution in [0.25, 0.3) is 5.65 Å². The molecule has 0 saturated carbocycles. The van der Waals surface area contributed by atoms with Gasteiger partial charge in [-0.1, -0.05) is 14.8 Å². The Labute approximate surface area is 219 Å². The molecule has 5 rings (SSSR count). The molecule has 3 aromatic rings. The molecule has 18 heteroatoms. The normalized spacial score (nSPS) is 19.3. The number of carboxylic acid groups (broad SMARTS) is 2. The molecular weight excluding hydrogens is 542 g/mol. The largest absolute Gasteiger partial charge is 0.477 e. The summed E-state index contributed by atoms with van der Waals surface area (Å²) in [5.74, 6) is -4.15. The van der Waals surface area contributed by atoms with Crippen LogP contribution in [-0.2, 0) is 20.9 Å². The van der Waals surface area contributed by atoms with E-state index in [0.717, 1.165) is 16.2 Å². The third kappa shape index (κ3) is 3.95. The number of carbonyl (C=O) groups excluding carboxylic acids is 2. The lowest BCUT2D eigenvalue weighted by Gasteiger charge is -2.49. The van der Waals surface area contributed by atoms with Crippen LogP contribution in [0.4, 0.5) is 10.9 Å². The zero-order chi connectivity index (χ0) is 27.3. The standard InChI is InChI=1S/C20H17N9O7S2/c21-14-8(18(32)33)4-27(10-1-2-23-29(10)14)3-7-5-37-17-12(16(31)28(17)13(7)19(34)35)25-15(30)11(26-36)9-6-38-20(22)24-9/h1-2,4,6,12,17,21H,3,5H2,(H6,22,24,25,30,32,33,34,35,36)/p+1/t12-,17-/m1/s1. The molecule has 16 nitrogen and oxygen atoms in total. The van der Waals surface area contributed by atoms with E-state index in [4.69, 9.17) is 11.5 Å². The summed E-state index contributed by atoms with van der Waals surface area (Å²) in [6.45, 7) is -0.0650. The number of amides is 2. The van der Waals surface area contributed by atoms with Crippen LogP contribution < -0.4 is 21.4 Å². The molecule has 0 bridgehead atoms. The third-order valence-corrected chi connectivity index (χ3v) is 7.93. The van der Waals surface area contributed by atoms with E-state index in [1.54, 1.807) is 6.07 Å². The molecule has 196 valence electrons. The number of nitrogen functional groups attached to an aromatic ring is 2. The first-order valence-electron chi connectivity index (χ1n) is 10.7. The van der Waals surface area contributed by atoms with E-state index in [1.165, 1.54) is 38.6 Å². The Balaban J connectivity index is 1.42. The number of anilines is 2. The molecule has 0 aliphatic carbocycles. The van der Waals surface area contributed by atoms with Crippen LogP contribution in [0.1, 0.15) is 16.1 Å². The number of hydrogen-bond acceptors (Lipinski definition) is 12. The zero-order valence-corrected chi connectivity index (χ0v) is 20.6. The maximum atomic E-state index is 13.0. The van der Waals surface area contributed by atoms with Gasteiger partial charge in [0.05, 0.1) is 12.3 Å². The van der Waals surface area contributed by atoms with Crippen molar-refractivity contribution in [3.63, 3.8) is 0 Å². The summed E-state index contributed by atoms with van der Waals surface area (Å²) in [5.41, 5.74) is 11.3. The van der Waals surface area contributed by atoms with Gasteiger partial charge >= 0.3 is 17.6 Å². The van der Waals surface area contributed by atoms with E-state index in [2.05, 4.69) is 20.6 Å². The van der Waals surface area contributed by atoms with Crippen LogP contribution in [0.3, 0.4) is 0 Å². The van der Waals surface area contributed by atoms with Crippen molar-refractivity contribution < 1.29 is 39.2 Å². The summed E-state index contributed by atoms with van der Waals surface area (Å²) in [6, 6.07) is 0.499. The van der Waals surface area contributed by atoms with E-state index in [1.807, 2.05) is 0 Å². The van der Waals surface area contributed by atoms with E-state index < -0.39 is 40.9 Å². The second-order valence-corrected chi connectivity index (χ2v) is 10.1. The Kier molecular flexibility index (Phi) is 6.11. The zero-order valence-electron chi connectivity index (χ0n) is 19.0. The Hall–Kier alpha value is -4.71. The van der Waals surface area contributed by atoms with Gasteiger partial charge in [-0.3, -0.25) is 14.5 Å². The van der Waals surface area contributed by atoms with Crippen molar-refractivity contribution in [2.24, 2.45) is 5.16 Å². The lowest BCUT2D eigenvalue weighted by molar-refractivity contribution is -0.666. The van der Waals surface area contributed by atoms with Gasteiger partial charge in [0.1, 0.15) is 35.5 Å². The first kappa shape index (κ1) is 25.0. The number of carboxylic acids is 2. The molecule has 2 aliphatic heterocycles. The van der Waals surface area contributed by atoms with Gasteiger partial charge < -0.3 is 32.2 Å². The predicted octanol–water partition coefficient (Wildman–Crippen LogP) is -1.44. The highest BCUT2D eigenvalue weighted by Crippen LogP contribution is 2.40. The Morgan fingerprint density at radius 2 is 2.03 bits per heavy atom. The van der Waals surface area contributed by atoms with E-state index in [-0.39, 0.29) is 40.2 Å². The van der Waals surface area contributed by atoms with Crippen molar-refractivity contribution in [1.29, 1.82) is 0 Å². The first-order valence-corrected chi connectivity index (χ1v) is 12.6. The van der Waals surface area contributed by atoms with Crippen LogP contribution in [-0.4, -0.2) is 81.6 Å². The summed E-state index contributed by atoms with van der Waals surface area (Å²) in [6.07, 6.45) is 2.70. The fraction of sp³-hybridized carbons (Fsp3) is 0.200. The molecule has 38 heavy (non-hydrogen) atoms. The number of rotatable bonds is 7. The number of aromatic carboxylic acids is 1. The van der Waals surface area contributed by atoms with Crippen molar-refractivity contribution in [2.45, 2.75) is 18.0 Å². The minimum Gasteiger partial charge on any atom is -0.477 e. The molecular formula is C20H18N9O7S2+. The molecule has 0 unspecified atom stereocenters. The molecule has 2 aliphatic rings. The van der Waals surface area contributed by atoms with Crippen LogP contribution in [0, 0.1) is 0 Å². The molecule has 3 aromatic heterocycles. The van der Waals surface area contributed by atoms with Crippen LogP contribution >= 0.6 is 23.1 Å². The number of thioether (sulfide) groups is 1. The minimum atomic E-state index is -1.36. The highest BCUT2D eigenvalue weighted by molar-refractivity contribution is 8.00. The van der Waals surface area contributed by atoms with Crippen molar-refractivity contribution >= 4 is 69.2 Å². The van der Waals surface area contributed by atoms with Gasteiger partial charge in [0.25, 0.3) is 11.8 Å². The maximum absolute atomic E-state index is 13.0. The van der Waals surface area contributed by atoms with Crippen molar-refractivity contribution in [1.82, 2.24) is 24.8 Å². The number of β-lactam (4-membered cyclic amide) rings is 1. The maximum Gasteiger partial charge on any atom is 0.352 e. The van der Waals surface area contributed by atoms with Crippen LogP contribution in [0.15, 0.2) is 40.3 Å². The summed E-state index contributed by atoms with van der Waals surface area (Å²) >= 11 is 2.24. The SMILES string of the molecule is Nc1nc(/C(=N/O)C(=O)N[C@@H]2C(=O)N3C(C(=O)O)=C(C[n+]4cc(C(=O)O)c(N)n5nccc54)CS[C@H]23)cs1. The second kappa shape index (κ2) is 9.30. The highest BCUT2D eigenvalue weighted by atomic mass is 32.2. The topological polar surface area (TPSA) is 243 Å². The molecule has 0 aromatic carbocycles. The average Bonchev–Trinajstić information content (AvgIpc) is 3.54. The van der Waals surface area contributed by atoms with Crippen molar-refractivity contribution in [3.8, 4) is 0 Å². The monoisotopic (exact) mass is 560 g/mol. The number of nitrogens with one attached hydrogen (secondary N) is 1. The van der Waals surface area contributed by atoms with Crippen LogP contribution in [0.5, 0.6) is 0 Å². The first-order chi connectivity index (χ1) is 18.1. The number of thiazole rings is 1. The quantitative estimate of drug-likeness (QED) is 0.0640. The van der Waals surface area contributed by atoms with Gasteiger partial charge in [-0.2, -0.15) is 0 Å². The third-order valence-electron chi connectivity index (χ3n) is 5.91. The molecule has 0 radical (unpaired) electrons. The summed E-state index contributed by atoms with van der Waals surface area (Å²) in [5, 5.41) is 39.1. The predicted molar refractivity (Wildman–Crippen MR) is 131 cm³/mol. The molecule has 1 saturated heterocycles. The number of aromatic nitrogens is 4. The van der Waals surface area contributed by atoms with Crippen molar-refractivity contribution in [2.75, 3.05) is 17.2 Å². The van der Waals surface area contributed by atoms with Crippen molar-refractivity contribution in [3.05, 3.63) is 46.4 Å². The highest BCUT2D eigenvalue weighted by Gasteiger charge is 2.54. The molecule has 1 fully saturated rings. The fourth-order valence-corrected chi connectivity index (χ4v) is 6.11.